The summed E-state index contributed by atoms with van der Waals surface area (Å²) in [6.45, 7) is 15.8. The fraction of sp³-hybridized carbons (Fsp3) is 0.429. The summed E-state index contributed by atoms with van der Waals surface area (Å²) in [7, 11) is 0. The van der Waals surface area contributed by atoms with Gasteiger partial charge in [-0.2, -0.15) is 0 Å². The smallest absolute Gasteiger partial charge is 0.466 e. The van der Waals surface area contributed by atoms with Crippen LogP contribution >= 0.6 is 0 Å². The van der Waals surface area contributed by atoms with Crippen molar-refractivity contribution in [2.45, 2.75) is 61.8 Å². The number of ether oxygens (including phenoxy) is 3. The van der Waals surface area contributed by atoms with E-state index >= 15 is 0 Å². The molecule has 0 heterocycles. The van der Waals surface area contributed by atoms with Gasteiger partial charge in [-0.3, -0.25) is 14.4 Å². The summed E-state index contributed by atoms with van der Waals surface area (Å²) in [5.41, 5.74) is 1.32. The highest BCUT2D eigenvalue weighted by Gasteiger charge is 2.11. The summed E-state index contributed by atoms with van der Waals surface area (Å²) >= 11 is 0. The quantitative estimate of drug-likeness (QED) is 0.235. The number of hydrogen-bond acceptors (Lipinski definition) is 7. The first-order chi connectivity index (χ1) is 16.8. The molecule has 0 saturated heterocycles. The van der Waals surface area contributed by atoms with Crippen molar-refractivity contribution in [1.29, 1.82) is 0 Å². The normalized spacial score (nSPS) is 8.34. The van der Waals surface area contributed by atoms with Gasteiger partial charge in [0.2, 0.25) is 0 Å². The molecule has 0 aliphatic rings. The zero-order valence-electron chi connectivity index (χ0n) is 22.5. The second-order valence-corrected chi connectivity index (χ2v) is 5.81. The molecule has 7 heteroatoms. The van der Waals surface area contributed by atoms with Crippen LogP contribution < -0.4 is 0 Å². The van der Waals surface area contributed by atoms with E-state index in [1.165, 1.54) is 0 Å². The van der Waals surface area contributed by atoms with Crippen molar-refractivity contribution in [2.24, 2.45) is 0 Å². The van der Waals surface area contributed by atoms with Crippen molar-refractivity contribution >= 4 is 23.7 Å². The zero-order valence-corrected chi connectivity index (χ0v) is 22.5. The van der Waals surface area contributed by atoms with Crippen LogP contribution in [-0.4, -0.2) is 43.5 Å². The van der Waals surface area contributed by atoms with Gasteiger partial charge in [0.25, 0.3) is 0 Å². The summed E-state index contributed by atoms with van der Waals surface area (Å²) in [6, 6.07) is 17.9. The number of carbonyl (C=O) groups excluding carboxylic acids is 4. The maximum absolute atomic E-state index is 11.4. The van der Waals surface area contributed by atoms with E-state index in [9.17, 15) is 19.2 Å². The molecule has 0 amide bonds. The molecule has 0 N–H and O–H groups in total. The molecule has 0 aliphatic carbocycles. The topological polar surface area (TPSA) is 96.0 Å². The molecule has 0 atom stereocenters. The summed E-state index contributed by atoms with van der Waals surface area (Å²) in [6.07, 6.45) is -0.771. The van der Waals surface area contributed by atoms with Gasteiger partial charge in [0.1, 0.15) is 6.42 Å². The second-order valence-electron chi connectivity index (χ2n) is 5.81. The van der Waals surface area contributed by atoms with E-state index in [4.69, 9.17) is 0 Å². The molecule has 0 radical (unpaired) electrons. The Morgan fingerprint density at radius 2 is 0.971 bits per heavy atom. The van der Waals surface area contributed by atoms with E-state index in [0.29, 0.717) is 25.4 Å². The van der Waals surface area contributed by atoms with E-state index < -0.39 is 12.1 Å². The molecular weight excluding hydrogens is 448 g/mol. The van der Waals surface area contributed by atoms with Crippen molar-refractivity contribution in [3.63, 3.8) is 0 Å². The Balaban J connectivity index is -0.000000426. The van der Waals surface area contributed by atoms with Crippen LogP contribution in [-0.2, 0) is 19.0 Å². The average Bonchev–Trinajstić information content (AvgIpc) is 2.89. The first-order valence-corrected chi connectivity index (χ1v) is 11.9. The van der Waals surface area contributed by atoms with Gasteiger partial charge in [-0.05, 0) is 27.7 Å². The van der Waals surface area contributed by atoms with Crippen LogP contribution in [0.25, 0.3) is 0 Å². The highest BCUT2D eigenvalue weighted by atomic mass is 16.7. The summed E-state index contributed by atoms with van der Waals surface area (Å²) in [5.74, 6) is -0.555. The molecule has 196 valence electrons. The molecule has 0 spiro atoms. The van der Waals surface area contributed by atoms with Crippen molar-refractivity contribution in [1.82, 2.24) is 0 Å². The monoisotopic (exact) mass is 490 g/mol. The zero-order chi connectivity index (χ0) is 27.5. The Bertz CT molecular complexity index is 779. The Morgan fingerprint density at radius 3 is 1.29 bits per heavy atom. The van der Waals surface area contributed by atoms with Crippen LogP contribution in [0.4, 0.5) is 4.79 Å². The number of ketones is 2. The first-order valence-electron chi connectivity index (χ1n) is 11.9. The Labute approximate surface area is 210 Å². The average molecular weight is 491 g/mol. The fourth-order valence-electron chi connectivity index (χ4n) is 2.02. The SMILES string of the molecule is CC.CC.CC(=O)c1ccccc1.CCOC(=O)CC(=O)c1ccccc1.CCOC(=O)OCC. The van der Waals surface area contributed by atoms with Gasteiger partial charge < -0.3 is 14.2 Å². The number of hydrogen-bond donors (Lipinski definition) is 0. The molecule has 2 aromatic rings. The fourth-order valence-corrected chi connectivity index (χ4v) is 2.02. The molecule has 0 unspecified atom stereocenters. The van der Waals surface area contributed by atoms with Crippen molar-refractivity contribution in [3.05, 3.63) is 71.8 Å². The van der Waals surface area contributed by atoms with Gasteiger partial charge in [-0.15, -0.1) is 0 Å². The van der Waals surface area contributed by atoms with Crippen LogP contribution in [0.1, 0.15) is 82.5 Å². The third kappa shape index (κ3) is 22.1. The molecule has 7 nitrogen and oxygen atoms in total. The van der Waals surface area contributed by atoms with Crippen LogP contribution in [0, 0.1) is 0 Å². The van der Waals surface area contributed by atoms with Gasteiger partial charge in [0, 0.05) is 11.1 Å². The minimum absolute atomic E-state index is 0.121. The van der Waals surface area contributed by atoms with E-state index in [0.717, 1.165) is 5.56 Å². The Morgan fingerprint density at radius 1 is 0.600 bits per heavy atom. The molecule has 0 aromatic heterocycles. The van der Waals surface area contributed by atoms with Gasteiger partial charge in [-0.1, -0.05) is 88.4 Å². The summed E-state index contributed by atoms with van der Waals surface area (Å²) < 4.78 is 13.5. The predicted molar refractivity (Wildman–Crippen MR) is 140 cm³/mol. The molecule has 2 rings (SSSR count). The number of benzene rings is 2. The Hall–Kier alpha value is -3.48. The largest absolute Gasteiger partial charge is 0.508 e. The molecule has 0 fully saturated rings. The lowest BCUT2D eigenvalue weighted by molar-refractivity contribution is -0.141. The predicted octanol–water partition coefficient (Wildman–Crippen LogP) is 6.94. The number of carbonyl (C=O) groups is 4. The van der Waals surface area contributed by atoms with E-state index in [-0.39, 0.29) is 18.0 Å². The lowest BCUT2D eigenvalue weighted by Gasteiger charge is -2.00. The van der Waals surface area contributed by atoms with Gasteiger partial charge in [0.15, 0.2) is 11.6 Å². The van der Waals surface area contributed by atoms with Crippen LogP contribution in [0.3, 0.4) is 0 Å². The molecular formula is C28H42O7. The van der Waals surface area contributed by atoms with Gasteiger partial charge in [0.05, 0.1) is 19.8 Å². The molecule has 0 saturated carbocycles. The third-order valence-corrected chi connectivity index (χ3v) is 3.41. The van der Waals surface area contributed by atoms with E-state index in [1.807, 2.05) is 64.1 Å². The van der Waals surface area contributed by atoms with Crippen LogP contribution in [0.15, 0.2) is 60.7 Å². The maximum atomic E-state index is 11.4. The molecule has 0 bridgehead atoms. The highest BCUT2D eigenvalue weighted by Crippen LogP contribution is 2.03. The minimum Gasteiger partial charge on any atom is -0.466 e. The van der Waals surface area contributed by atoms with Crippen molar-refractivity contribution in [3.8, 4) is 0 Å². The summed E-state index contributed by atoms with van der Waals surface area (Å²) in [5, 5.41) is 0. The van der Waals surface area contributed by atoms with E-state index in [2.05, 4.69) is 14.2 Å². The molecule has 2 aromatic carbocycles. The second kappa shape index (κ2) is 26.8. The number of Topliss-reactive ketones (excluding diaryl/α,β-unsaturated/α-hetero) is 2. The Kier molecular flexibility index (Phi) is 27.6. The molecule has 0 aliphatic heterocycles. The van der Waals surface area contributed by atoms with Crippen LogP contribution in [0.5, 0.6) is 0 Å². The standard InChI is InChI=1S/C11H12O3.C8H8O.C5H10O3.2C2H6/c1-2-14-11(13)8-10(12)9-6-4-3-5-7-9;1-7(9)8-5-3-2-4-6-8;1-3-7-5(6)8-4-2;2*1-2/h3-7H,2,8H2,1H3;2-6H,1H3;3-4H2,1-2H3;2*1-2H3. The maximum Gasteiger partial charge on any atom is 0.508 e. The number of rotatable bonds is 7. The third-order valence-electron chi connectivity index (χ3n) is 3.41. The lowest BCUT2D eigenvalue weighted by Crippen LogP contribution is -2.11. The van der Waals surface area contributed by atoms with Crippen molar-refractivity contribution < 1.29 is 33.4 Å². The van der Waals surface area contributed by atoms with Gasteiger partial charge in [-0.25, -0.2) is 4.79 Å². The first kappa shape index (κ1) is 36.1. The summed E-state index contributed by atoms with van der Waals surface area (Å²) in [4.78, 5) is 43.3. The highest BCUT2D eigenvalue weighted by molar-refractivity contribution is 6.05. The minimum atomic E-state index is -0.588. The van der Waals surface area contributed by atoms with Crippen molar-refractivity contribution in [2.75, 3.05) is 19.8 Å². The number of esters is 1. The van der Waals surface area contributed by atoms with E-state index in [1.54, 1.807) is 52.0 Å². The van der Waals surface area contributed by atoms with Gasteiger partial charge >= 0.3 is 12.1 Å². The lowest BCUT2D eigenvalue weighted by atomic mass is 10.1. The van der Waals surface area contributed by atoms with Crippen LogP contribution in [0.2, 0.25) is 0 Å². The molecule has 35 heavy (non-hydrogen) atoms.